The summed E-state index contributed by atoms with van der Waals surface area (Å²) in [6, 6.07) is 5.36. The Morgan fingerprint density at radius 2 is 2.05 bits per heavy atom. The molecule has 1 fully saturated rings. The molecule has 0 spiro atoms. The van der Waals surface area contributed by atoms with Crippen LogP contribution in [0, 0.1) is 5.92 Å². The van der Waals surface area contributed by atoms with Crippen molar-refractivity contribution < 1.29 is 19.0 Å². The Hall–Kier alpha value is -1.42. The second kappa shape index (κ2) is 6.84. The van der Waals surface area contributed by atoms with Gasteiger partial charge in [0.1, 0.15) is 17.6 Å². The predicted octanol–water partition coefficient (Wildman–Crippen LogP) is 3.46. The third-order valence-corrected chi connectivity index (χ3v) is 3.52. The van der Waals surface area contributed by atoms with Crippen molar-refractivity contribution in [3.63, 3.8) is 0 Å². The van der Waals surface area contributed by atoms with Crippen molar-refractivity contribution in [2.24, 2.45) is 5.92 Å². The van der Waals surface area contributed by atoms with Gasteiger partial charge in [0, 0.05) is 6.07 Å². The highest BCUT2D eigenvalue weighted by molar-refractivity contribution is 6.32. The Bertz CT molecular complexity index is 469. The number of carbonyl (C=O) groups excluding carboxylic acids is 1. The maximum Gasteiger partial charge on any atom is 0.309 e. The van der Waals surface area contributed by atoms with Crippen molar-refractivity contribution in [1.82, 2.24) is 0 Å². The van der Waals surface area contributed by atoms with Gasteiger partial charge in [0.05, 0.1) is 24.2 Å². The number of hydrogen-bond acceptors (Lipinski definition) is 4. The van der Waals surface area contributed by atoms with Crippen molar-refractivity contribution in [3.8, 4) is 11.5 Å². The van der Waals surface area contributed by atoms with Crippen LogP contribution < -0.4 is 9.47 Å². The fourth-order valence-electron chi connectivity index (χ4n) is 2.13. The Morgan fingerprint density at radius 3 is 2.65 bits per heavy atom. The molecule has 0 atom stereocenters. The maximum absolute atomic E-state index is 11.5. The van der Waals surface area contributed by atoms with Gasteiger partial charge in [0.25, 0.3) is 0 Å². The molecule has 1 aliphatic carbocycles. The van der Waals surface area contributed by atoms with Crippen LogP contribution in [0.15, 0.2) is 18.2 Å². The molecule has 1 aromatic rings. The van der Waals surface area contributed by atoms with Crippen LogP contribution in [0.25, 0.3) is 0 Å². The van der Waals surface area contributed by atoms with Gasteiger partial charge in [-0.1, -0.05) is 11.6 Å². The number of esters is 1. The molecule has 0 radical (unpaired) electrons. The summed E-state index contributed by atoms with van der Waals surface area (Å²) < 4.78 is 16.1. The van der Waals surface area contributed by atoms with E-state index in [1.807, 2.05) is 19.9 Å². The van der Waals surface area contributed by atoms with Crippen molar-refractivity contribution in [2.45, 2.75) is 32.8 Å². The lowest BCUT2D eigenvalue weighted by Gasteiger charge is -2.33. The van der Waals surface area contributed by atoms with Gasteiger partial charge in [0.2, 0.25) is 0 Å². The molecule has 1 aromatic carbocycles. The van der Waals surface area contributed by atoms with E-state index in [1.54, 1.807) is 12.1 Å². The average Bonchev–Trinajstić information content (AvgIpc) is 2.36. The van der Waals surface area contributed by atoms with E-state index in [1.165, 1.54) is 0 Å². The van der Waals surface area contributed by atoms with Crippen LogP contribution in [-0.2, 0) is 9.53 Å². The largest absolute Gasteiger partial charge is 0.494 e. The van der Waals surface area contributed by atoms with Gasteiger partial charge in [-0.05, 0) is 38.8 Å². The fraction of sp³-hybridized carbons (Fsp3) is 0.533. The first-order chi connectivity index (χ1) is 9.63. The molecular formula is C15H19ClO4. The number of ether oxygens (including phenoxy) is 3. The minimum Gasteiger partial charge on any atom is -0.494 e. The Balaban J connectivity index is 1.85. The molecule has 0 bridgehead atoms. The van der Waals surface area contributed by atoms with Crippen LogP contribution in [0.4, 0.5) is 0 Å². The van der Waals surface area contributed by atoms with Crippen LogP contribution in [0.5, 0.6) is 11.5 Å². The summed E-state index contributed by atoms with van der Waals surface area (Å²) in [5.74, 6) is 1.18. The normalized spacial score (nSPS) is 20.9. The first kappa shape index (κ1) is 15.0. The SMILES string of the molecule is CCOC(=O)C1CC(Oc2ccc(OCC)cc2Cl)C1. The zero-order chi connectivity index (χ0) is 14.5. The summed E-state index contributed by atoms with van der Waals surface area (Å²) in [6.45, 7) is 4.75. The molecule has 1 aliphatic rings. The molecule has 110 valence electrons. The molecule has 2 rings (SSSR count). The number of hydrogen-bond donors (Lipinski definition) is 0. The molecule has 0 amide bonds. The first-order valence-electron chi connectivity index (χ1n) is 6.89. The van der Waals surface area contributed by atoms with Crippen molar-refractivity contribution in [3.05, 3.63) is 23.2 Å². The summed E-state index contributed by atoms with van der Waals surface area (Å²) in [5.41, 5.74) is 0. The molecule has 0 heterocycles. The molecule has 0 saturated heterocycles. The van der Waals surface area contributed by atoms with E-state index >= 15 is 0 Å². The van der Waals surface area contributed by atoms with E-state index in [0.29, 0.717) is 36.8 Å². The van der Waals surface area contributed by atoms with Gasteiger partial charge in [-0.15, -0.1) is 0 Å². The lowest BCUT2D eigenvalue weighted by atomic mass is 9.82. The van der Waals surface area contributed by atoms with Crippen LogP contribution in [0.2, 0.25) is 5.02 Å². The number of benzene rings is 1. The zero-order valence-electron chi connectivity index (χ0n) is 11.7. The van der Waals surface area contributed by atoms with E-state index in [-0.39, 0.29) is 18.0 Å². The highest BCUT2D eigenvalue weighted by atomic mass is 35.5. The molecule has 0 N–H and O–H groups in total. The Morgan fingerprint density at radius 1 is 1.30 bits per heavy atom. The van der Waals surface area contributed by atoms with Crippen molar-refractivity contribution in [1.29, 1.82) is 0 Å². The molecule has 0 aromatic heterocycles. The average molecular weight is 299 g/mol. The monoisotopic (exact) mass is 298 g/mol. The van der Waals surface area contributed by atoms with Gasteiger partial charge in [-0.2, -0.15) is 0 Å². The van der Waals surface area contributed by atoms with E-state index in [9.17, 15) is 4.79 Å². The second-order valence-corrected chi connectivity index (χ2v) is 5.09. The van der Waals surface area contributed by atoms with E-state index in [4.69, 9.17) is 25.8 Å². The molecule has 20 heavy (non-hydrogen) atoms. The third-order valence-electron chi connectivity index (χ3n) is 3.22. The summed E-state index contributed by atoms with van der Waals surface area (Å²) >= 11 is 6.14. The topological polar surface area (TPSA) is 44.8 Å². The summed E-state index contributed by atoms with van der Waals surface area (Å²) in [4.78, 5) is 11.5. The standard InChI is InChI=1S/C15H19ClO4/c1-3-18-11-5-6-14(13(16)9-11)20-12-7-10(8-12)15(17)19-4-2/h5-6,9-10,12H,3-4,7-8H2,1-2H3. The van der Waals surface area contributed by atoms with Crippen LogP contribution in [0.1, 0.15) is 26.7 Å². The third kappa shape index (κ3) is 3.57. The molecule has 5 heteroatoms. The van der Waals surface area contributed by atoms with Gasteiger partial charge in [-0.25, -0.2) is 0 Å². The molecule has 0 aliphatic heterocycles. The zero-order valence-corrected chi connectivity index (χ0v) is 12.5. The van der Waals surface area contributed by atoms with Gasteiger partial charge < -0.3 is 14.2 Å². The molecule has 4 nitrogen and oxygen atoms in total. The number of carbonyl (C=O) groups is 1. The Labute approximate surface area is 124 Å². The molecular weight excluding hydrogens is 280 g/mol. The van der Waals surface area contributed by atoms with Crippen LogP contribution in [-0.4, -0.2) is 25.3 Å². The van der Waals surface area contributed by atoms with Crippen molar-refractivity contribution in [2.75, 3.05) is 13.2 Å². The fourth-order valence-corrected chi connectivity index (χ4v) is 2.34. The predicted molar refractivity (Wildman–Crippen MR) is 76.4 cm³/mol. The minimum atomic E-state index is -0.134. The lowest BCUT2D eigenvalue weighted by Crippen LogP contribution is -2.39. The van der Waals surface area contributed by atoms with Gasteiger partial charge >= 0.3 is 5.97 Å². The number of halogens is 1. The molecule has 0 unspecified atom stereocenters. The maximum atomic E-state index is 11.5. The number of rotatable bonds is 6. The van der Waals surface area contributed by atoms with Crippen molar-refractivity contribution >= 4 is 17.6 Å². The van der Waals surface area contributed by atoms with Crippen LogP contribution in [0.3, 0.4) is 0 Å². The first-order valence-corrected chi connectivity index (χ1v) is 7.27. The quantitative estimate of drug-likeness (QED) is 0.755. The van der Waals surface area contributed by atoms with E-state index in [2.05, 4.69) is 0 Å². The van der Waals surface area contributed by atoms with E-state index < -0.39 is 0 Å². The Kier molecular flexibility index (Phi) is 5.12. The van der Waals surface area contributed by atoms with Crippen LogP contribution >= 0.6 is 11.6 Å². The highest BCUT2D eigenvalue weighted by Gasteiger charge is 2.37. The summed E-state index contributed by atoms with van der Waals surface area (Å²) in [6.07, 6.45) is 1.39. The summed E-state index contributed by atoms with van der Waals surface area (Å²) in [5, 5.41) is 0.524. The van der Waals surface area contributed by atoms with Gasteiger partial charge in [0.15, 0.2) is 0 Å². The highest BCUT2D eigenvalue weighted by Crippen LogP contribution is 2.36. The minimum absolute atomic E-state index is 0.0276. The smallest absolute Gasteiger partial charge is 0.309 e. The lowest BCUT2D eigenvalue weighted by molar-refractivity contribution is -0.154. The second-order valence-electron chi connectivity index (χ2n) is 4.69. The van der Waals surface area contributed by atoms with Gasteiger partial charge in [-0.3, -0.25) is 4.79 Å². The summed E-state index contributed by atoms with van der Waals surface area (Å²) in [7, 11) is 0. The van der Waals surface area contributed by atoms with E-state index in [0.717, 1.165) is 5.75 Å². The molecule has 1 saturated carbocycles.